The van der Waals surface area contributed by atoms with E-state index in [4.69, 9.17) is 0 Å². The van der Waals surface area contributed by atoms with Crippen LogP contribution >= 0.6 is 0 Å². The van der Waals surface area contributed by atoms with Crippen LogP contribution in [0.25, 0.3) is 0 Å². The molecule has 0 aromatic heterocycles. The molecule has 0 aromatic rings. The molecular weight excluding hydrogens is 214 g/mol. The molecule has 0 bridgehead atoms. The van der Waals surface area contributed by atoms with E-state index in [2.05, 4.69) is 15.1 Å². The smallest absolute Gasteiger partial charge is 0.234 e. The van der Waals surface area contributed by atoms with E-state index >= 15 is 0 Å². The van der Waals surface area contributed by atoms with Crippen LogP contribution in [0.2, 0.25) is 0 Å². The van der Waals surface area contributed by atoms with Gasteiger partial charge < -0.3 is 5.32 Å². The second-order valence-electron chi connectivity index (χ2n) is 5.79. The summed E-state index contributed by atoms with van der Waals surface area (Å²) in [4.78, 5) is 16.6. The molecule has 0 spiro atoms. The normalized spacial score (nSPS) is 27.1. The molecule has 0 atom stereocenters. The van der Waals surface area contributed by atoms with Crippen molar-refractivity contribution in [2.75, 3.05) is 39.3 Å². The number of amides is 1. The minimum absolute atomic E-state index is 0.219. The van der Waals surface area contributed by atoms with Crippen LogP contribution < -0.4 is 5.32 Å². The Labute approximate surface area is 103 Å². The summed E-state index contributed by atoms with van der Waals surface area (Å²) < 4.78 is 0. The van der Waals surface area contributed by atoms with Crippen LogP contribution in [0.4, 0.5) is 0 Å². The van der Waals surface area contributed by atoms with Gasteiger partial charge in [-0.15, -0.1) is 0 Å². The lowest BCUT2D eigenvalue weighted by Gasteiger charge is -2.34. The number of carbonyl (C=O) groups excluding carboxylic acids is 1. The van der Waals surface area contributed by atoms with Gasteiger partial charge in [-0.05, 0) is 31.6 Å². The highest BCUT2D eigenvalue weighted by Gasteiger charge is 2.31. The molecule has 1 saturated heterocycles. The number of hydrogen-bond acceptors (Lipinski definition) is 3. The first-order valence-electron chi connectivity index (χ1n) is 7.04. The molecule has 3 aliphatic rings. The van der Waals surface area contributed by atoms with Gasteiger partial charge in [0.1, 0.15) is 0 Å². The quantitative estimate of drug-likeness (QED) is 0.746. The average molecular weight is 237 g/mol. The first-order valence-corrected chi connectivity index (χ1v) is 7.04. The summed E-state index contributed by atoms with van der Waals surface area (Å²) in [7, 11) is 0. The van der Waals surface area contributed by atoms with Crippen molar-refractivity contribution in [2.24, 2.45) is 5.92 Å². The monoisotopic (exact) mass is 237 g/mol. The van der Waals surface area contributed by atoms with Crippen molar-refractivity contribution in [3.05, 3.63) is 0 Å². The molecule has 4 nitrogen and oxygen atoms in total. The van der Waals surface area contributed by atoms with Gasteiger partial charge in [-0.3, -0.25) is 14.6 Å². The van der Waals surface area contributed by atoms with Gasteiger partial charge in [0.05, 0.1) is 6.54 Å². The van der Waals surface area contributed by atoms with Gasteiger partial charge in [0, 0.05) is 38.8 Å². The number of nitrogens with one attached hydrogen (secondary N) is 1. The standard InChI is InChI=1S/C13H23N3O/c17-13(14-9-11-1-2-11)10-15-5-7-16(8-6-15)12-3-4-12/h11-12H,1-10H2,(H,14,17). The highest BCUT2D eigenvalue weighted by molar-refractivity contribution is 5.78. The fourth-order valence-corrected chi connectivity index (χ4v) is 2.57. The summed E-state index contributed by atoms with van der Waals surface area (Å²) >= 11 is 0. The van der Waals surface area contributed by atoms with Gasteiger partial charge in [-0.1, -0.05) is 0 Å². The Morgan fingerprint density at radius 1 is 1.06 bits per heavy atom. The van der Waals surface area contributed by atoms with E-state index in [9.17, 15) is 4.79 Å². The van der Waals surface area contributed by atoms with Crippen molar-refractivity contribution in [3.63, 3.8) is 0 Å². The number of hydrogen-bond donors (Lipinski definition) is 1. The molecule has 1 N–H and O–H groups in total. The second-order valence-corrected chi connectivity index (χ2v) is 5.79. The van der Waals surface area contributed by atoms with Crippen LogP contribution in [0.15, 0.2) is 0 Å². The molecular formula is C13H23N3O. The molecule has 4 heteroatoms. The molecule has 0 radical (unpaired) electrons. The molecule has 17 heavy (non-hydrogen) atoms. The van der Waals surface area contributed by atoms with Crippen molar-refractivity contribution in [1.29, 1.82) is 0 Å². The Hall–Kier alpha value is -0.610. The van der Waals surface area contributed by atoms with E-state index in [1.165, 1.54) is 25.7 Å². The Balaban J connectivity index is 1.33. The zero-order chi connectivity index (χ0) is 11.7. The maximum atomic E-state index is 11.7. The molecule has 1 heterocycles. The van der Waals surface area contributed by atoms with Gasteiger partial charge in [-0.2, -0.15) is 0 Å². The van der Waals surface area contributed by atoms with Crippen molar-refractivity contribution in [3.8, 4) is 0 Å². The number of carbonyl (C=O) groups is 1. The minimum atomic E-state index is 0.219. The first kappa shape index (κ1) is 11.5. The van der Waals surface area contributed by atoms with Crippen LogP contribution in [-0.4, -0.2) is 61.0 Å². The zero-order valence-electron chi connectivity index (χ0n) is 10.5. The number of nitrogens with zero attached hydrogens (tertiary/aromatic N) is 2. The van der Waals surface area contributed by atoms with E-state index < -0.39 is 0 Å². The van der Waals surface area contributed by atoms with E-state index in [0.29, 0.717) is 6.54 Å². The maximum absolute atomic E-state index is 11.7. The van der Waals surface area contributed by atoms with Crippen LogP contribution in [0, 0.1) is 5.92 Å². The molecule has 1 aliphatic heterocycles. The van der Waals surface area contributed by atoms with E-state index in [1.807, 2.05) is 0 Å². The van der Waals surface area contributed by atoms with Crippen molar-refractivity contribution in [2.45, 2.75) is 31.7 Å². The lowest BCUT2D eigenvalue weighted by atomic mass is 10.3. The van der Waals surface area contributed by atoms with E-state index in [-0.39, 0.29) is 5.91 Å². The number of rotatable bonds is 5. The van der Waals surface area contributed by atoms with Gasteiger partial charge in [0.25, 0.3) is 0 Å². The minimum Gasteiger partial charge on any atom is -0.355 e. The summed E-state index contributed by atoms with van der Waals surface area (Å²) in [6.07, 6.45) is 5.39. The van der Waals surface area contributed by atoms with Gasteiger partial charge in [0.15, 0.2) is 0 Å². The third kappa shape index (κ3) is 3.42. The van der Waals surface area contributed by atoms with Crippen LogP contribution in [0.1, 0.15) is 25.7 Å². The molecule has 1 amide bonds. The lowest BCUT2D eigenvalue weighted by Crippen LogP contribution is -2.50. The summed E-state index contributed by atoms with van der Waals surface area (Å²) in [6.45, 7) is 5.94. The number of piperazine rings is 1. The lowest BCUT2D eigenvalue weighted by molar-refractivity contribution is -0.122. The highest BCUT2D eigenvalue weighted by Crippen LogP contribution is 2.28. The fourth-order valence-electron chi connectivity index (χ4n) is 2.57. The Kier molecular flexibility index (Phi) is 3.34. The van der Waals surface area contributed by atoms with Crippen LogP contribution in [0.5, 0.6) is 0 Å². The van der Waals surface area contributed by atoms with E-state index in [1.54, 1.807) is 0 Å². The predicted molar refractivity (Wildman–Crippen MR) is 66.8 cm³/mol. The third-order valence-corrected chi connectivity index (χ3v) is 4.12. The van der Waals surface area contributed by atoms with Gasteiger partial charge >= 0.3 is 0 Å². The third-order valence-electron chi connectivity index (χ3n) is 4.12. The largest absolute Gasteiger partial charge is 0.355 e. The van der Waals surface area contributed by atoms with Crippen LogP contribution in [0.3, 0.4) is 0 Å². The maximum Gasteiger partial charge on any atom is 0.234 e. The summed E-state index contributed by atoms with van der Waals surface area (Å²) in [5.41, 5.74) is 0. The summed E-state index contributed by atoms with van der Waals surface area (Å²) in [5.74, 6) is 1.00. The summed E-state index contributed by atoms with van der Waals surface area (Å²) in [6, 6.07) is 0.876. The highest BCUT2D eigenvalue weighted by atomic mass is 16.2. The fraction of sp³-hybridized carbons (Fsp3) is 0.923. The Bertz CT molecular complexity index is 278. The van der Waals surface area contributed by atoms with Crippen molar-refractivity contribution < 1.29 is 4.79 Å². The Morgan fingerprint density at radius 2 is 1.76 bits per heavy atom. The SMILES string of the molecule is O=C(CN1CCN(C2CC2)CC1)NCC1CC1. The Morgan fingerprint density at radius 3 is 2.35 bits per heavy atom. The van der Waals surface area contributed by atoms with Gasteiger partial charge in [-0.25, -0.2) is 0 Å². The molecule has 0 unspecified atom stereocenters. The second kappa shape index (κ2) is 4.94. The first-order chi connectivity index (χ1) is 8.31. The zero-order valence-corrected chi connectivity index (χ0v) is 10.5. The van der Waals surface area contributed by atoms with E-state index in [0.717, 1.165) is 44.7 Å². The van der Waals surface area contributed by atoms with Gasteiger partial charge in [0.2, 0.25) is 5.91 Å². The predicted octanol–water partition coefficient (Wildman–Crippen LogP) is 0.293. The topological polar surface area (TPSA) is 35.6 Å². The average Bonchev–Trinajstić information content (AvgIpc) is 3.19. The van der Waals surface area contributed by atoms with Crippen molar-refractivity contribution in [1.82, 2.24) is 15.1 Å². The van der Waals surface area contributed by atoms with Crippen LogP contribution in [-0.2, 0) is 4.79 Å². The molecule has 2 aliphatic carbocycles. The summed E-state index contributed by atoms with van der Waals surface area (Å²) in [5, 5.41) is 3.04. The molecule has 2 saturated carbocycles. The molecule has 3 fully saturated rings. The molecule has 0 aromatic carbocycles. The van der Waals surface area contributed by atoms with Crippen molar-refractivity contribution >= 4 is 5.91 Å². The molecule has 96 valence electrons. The molecule has 3 rings (SSSR count).